The van der Waals surface area contributed by atoms with Crippen LogP contribution >= 0.6 is 0 Å². The summed E-state index contributed by atoms with van der Waals surface area (Å²) in [6.07, 6.45) is 0. The first-order valence-corrected chi connectivity index (χ1v) is 14.1. The third-order valence-corrected chi connectivity index (χ3v) is 7.83. The fourth-order valence-corrected chi connectivity index (χ4v) is 5.84. The van der Waals surface area contributed by atoms with Crippen molar-refractivity contribution >= 4 is 43.7 Å². The van der Waals surface area contributed by atoms with Crippen LogP contribution in [0.4, 0.5) is 0 Å². The number of aromatic nitrogens is 4. The zero-order valence-electron chi connectivity index (χ0n) is 29.1. The van der Waals surface area contributed by atoms with Crippen molar-refractivity contribution in [2.24, 2.45) is 0 Å². The Morgan fingerprint density at radius 1 is 0.523 bits per heavy atom. The predicted octanol–water partition coefficient (Wildman–Crippen LogP) is 9.87. The highest BCUT2D eigenvalue weighted by Gasteiger charge is 2.20. The molecule has 0 saturated heterocycles. The summed E-state index contributed by atoms with van der Waals surface area (Å²) in [7, 11) is 0. The molecule has 0 amide bonds. The van der Waals surface area contributed by atoms with Crippen LogP contribution in [0.3, 0.4) is 0 Å². The second-order valence-corrected chi connectivity index (χ2v) is 10.4. The lowest BCUT2D eigenvalue weighted by molar-refractivity contribution is 0.669. The summed E-state index contributed by atoms with van der Waals surface area (Å²) in [6, 6.07) is 32.8. The molecule has 3 aromatic heterocycles. The van der Waals surface area contributed by atoms with Gasteiger partial charge < -0.3 is 4.42 Å². The molecule has 0 aliphatic rings. The van der Waals surface area contributed by atoms with Gasteiger partial charge in [-0.1, -0.05) is 115 Å². The van der Waals surface area contributed by atoms with Crippen LogP contribution in [0.25, 0.3) is 83.6 Å². The Bertz CT molecular complexity index is 2760. The largest absolute Gasteiger partial charge is 0.456 e. The molecule has 0 unspecified atom stereocenters. The lowest BCUT2D eigenvalue weighted by Gasteiger charge is -2.11. The maximum Gasteiger partial charge on any atom is 0.238 e. The highest BCUT2D eigenvalue weighted by molar-refractivity contribution is 6.12. The summed E-state index contributed by atoms with van der Waals surface area (Å²) in [5.74, 6) is 0.719. The van der Waals surface area contributed by atoms with Gasteiger partial charge in [0.1, 0.15) is 11.2 Å². The first-order valence-electron chi connectivity index (χ1n) is 17.1. The van der Waals surface area contributed by atoms with E-state index in [0.717, 1.165) is 21.9 Å². The molecule has 0 aliphatic carbocycles. The van der Waals surface area contributed by atoms with Gasteiger partial charge in [-0.2, -0.15) is 9.97 Å². The van der Waals surface area contributed by atoms with E-state index in [-0.39, 0.29) is 64.0 Å². The van der Waals surface area contributed by atoms with Crippen molar-refractivity contribution < 1.29 is 12.6 Å². The quantitative estimate of drug-likeness (QED) is 0.211. The summed E-state index contributed by atoms with van der Waals surface area (Å²) in [4.78, 5) is 14.8. The van der Waals surface area contributed by atoms with Crippen molar-refractivity contribution in [3.8, 4) is 39.9 Å². The van der Waals surface area contributed by atoms with E-state index in [1.54, 1.807) is 0 Å². The standard InChI is InChI=1S/C39H24N4O/c1-3-12-25(13-4-1)27-22-23-30-35(24-27)44-34-21-11-18-31(36(30)34)38-40-37(26-14-5-2-6-15-26)41-39(42-38)43-32-19-9-7-16-28(32)29-17-8-10-20-33(29)43/h1-24H/i7D,8D,16D,17D,19D,20D. The third kappa shape index (κ3) is 3.83. The molecule has 44 heavy (non-hydrogen) atoms. The molecule has 206 valence electrons. The minimum Gasteiger partial charge on any atom is -0.456 e. The van der Waals surface area contributed by atoms with Crippen LogP contribution in [0.1, 0.15) is 8.22 Å². The highest BCUT2D eigenvalue weighted by Crippen LogP contribution is 2.38. The van der Waals surface area contributed by atoms with Crippen molar-refractivity contribution in [3.63, 3.8) is 0 Å². The van der Waals surface area contributed by atoms with Gasteiger partial charge in [-0.3, -0.25) is 4.57 Å². The Balaban J connectivity index is 1.37. The Morgan fingerprint density at radius 2 is 1.20 bits per heavy atom. The van der Waals surface area contributed by atoms with E-state index >= 15 is 0 Å². The van der Waals surface area contributed by atoms with Crippen molar-refractivity contribution in [1.82, 2.24) is 19.5 Å². The number of hydrogen-bond donors (Lipinski definition) is 0. The van der Waals surface area contributed by atoms with Crippen molar-refractivity contribution in [2.75, 3.05) is 0 Å². The van der Waals surface area contributed by atoms with Gasteiger partial charge in [0.25, 0.3) is 0 Å². The van der Waals surface area contributed by atoms with Crippen LogP contribution in [0.15, 0.2) is 150 Å². The van der Waals surface area contributed by atoms with Gasteiger partial charge in [-0.15, -0.1) is 0 Å². The third-order valence-electron chi connectivity index (χ3n) is 7.83. The van der Waals surface area contributed by atoms with Crippen molar-refractivity contribution in [2.45, 2.75) is 0 Å². The van der Waals surface area contributed by atoms with E-state index in [9.17, 15) is 0 Å². The minimum atomic E-state index is -0.208. The molecule has 9 aromatic rings. The lowest BCUT2D eigenvalue weighted by Crippen LogP contribution is -2.06. The molecule has 0 aliphatic heterocycles. The van der Waals surface area contributed by atoms with Crippen LogP contribution in [-0.2, 0) is 0 Å². The predicted molar refractivity (Wildman–Crippen MR) is 178 cm³/mol. The van der Waals surface area contributed by atoms with Crippen molar-refractivity contribution in [1.29, 1.82) is 0 Å². The zero-order valence-corrected chi connectivity index (χ0v) is 23.1. The molecule has 3 heterocycles. The molecule has 0 fully saturated rings. The lowest BCUT2D eigenvalue weighted by atomic mass is 10.0. The molecule has 0 radical (unpaired) electrons. The maximum atomic E-state index is 8.93. The Kier molecular flexibility index (Phi) is 4.25. The van der Waals surface area contributed by atoms with Gasteiger partial charge in [0.2, 0.25) is 5.95 Å². The zero-order chi connectivity index (χ0) is 34.3. The molecule has 0 spiro atoms. The summed E-state index contributed by atoms with van der Waals surface area (Å²) in [6.45, 7) is 0. The molecular weight excluding hydrogens is 540 g/mol. The fourth-order valence-electron chi connectivity index (χ4n) is 5.84. The number of rotatable bonds is 4. The number of fused-ring (bicyclic) bond motifs is 6. The molecule has 0 saturated carbocycles. The van der Waals surface area contributed by atoms with Crippen molar-refractivity contribution in [3.05, 3.63) is 145 Å². The van der Waals surface area contributed by atoms with E-state index in [2.05, 4.69) is 18.2 Å². The molecule has 0 atom stereocenters. The molecule has 0 N–H and O–H groups in total. The SMILES string of the molecule is [2H]c1cc([2H])c2c(c1[2H])c1c([2H])c([2H])cc([2H])c1n2-c1nc(-c2ccccc2)nc(-c2cccc3oc4cc(-c5ccccc5)ccc4c23)n1. The van der Waals surface area contributed by atoms with E-state index in [4.69, 9.17) is 27.6 Å². The van der Waals surface area contributed by atoms with Gasteiger partial charge in [-0.05, 0) is 41.4 Å². The fraction of sp³-hybridized carbons (Fsp3) is 0. The van der Waals surface area contributed by atoms with E-state index in [0.29, 0.717) is 33.9 Å². The van der Waals surface area contributed by atoms with Crippen LogP contribution in [0.2, 0.25) is 0 Å². The van der Waals surface area contributed by atoms with Gasteiger partial charge >= 0.3 is 0 Å². The molecule has 9 rings (SSSR count). The Morgan fingerprint density at radius 3 is 1.93 bits per heavy atom. The van der Waals surface area contributed by atoms with Gasteiger partial charge in [0.15, 0.2) is 11.6 Å². The summed E-state index contributed by atoms with van der Waals surface area (Å²) < 4.78 is 60.1. The number of nitrogens with zero attached hydrogens (tertiary/aromatic N) is 4. The summed E-state index contributed by atoms with van der Waals surface area (Å²) in [5.41, 5.74) is 5.16. The second-order valence-electron chi connectivity index (χ2n) is 10.4. The first-order chi connectivity index (χ1) is 24.3. The minimum absolute atomic E-state index is 0.0706. The number of para-hydroxylation sites is 2. The van der Waals surface area contributed by atoms with Gasteiger partial charge in [0.05, 0.1) is 19.3 Å². The number of hydrogen-bond acceptors (Lipinski definition) is 4. The summed E-state index contributed by atoms with van der Waals surface area (Å²) >= 11 is 0. The van der Waals surface area contributed by atoms with E-state index in [1.807, 2.05) is 78.9 Å². The summed E-state index contributed by atoms with van der Waals surface area (Å²) in [5, 5.41) is 1.94. The average molecular weight is 571 g/mol. The van der Waals surface area contributed by atoms with Crippen LogP contribution < -0.4 is 0 Å². The van der Waals surface area contributed by atoms with E-state index < -0.39 is 0 Å². The monoisotopic (exact) mass is 570 g/mol. The second kappa shape index (κ2) is 9.75. The van der Waals surface area contributed by atoms with Gasteiger partial charge in [-0.25, -0.2) is 4.98 Å². The number of furan rings is 1. The molecule has 6 aromatic carbocycles. The Hall–Kier alpha value is -6.07. The normalized spacial score (nSPS) is 13.5. The van der Waals surface area contributed by atoms with Gasteiger partial charge in [0, 0.05) is 32.7 Å². The molecule has 5 heteroatoms. The Labute approximate surface area is 261 Å². The average Bonchev–Trinajstić information content (AvgIpc) is 3.71. The smallest absolute Gasteiger partial charge is 0.238 e. The van der Waals surface area contributed by atoms with Crippen LogP contribution in [0, 0.1) is 0 Å². The highest BCUT2D eigenvalue weighted by atomic mass is 16.3. The van der Waals surface area contributed by atoms with Crippen LogP contribution in [0.5, 0.6) is 0 Å². The molecule has 5 nitrogen and oxygen atoms in total. The first kappa shape index (κ1) is 19.2. The van der Waals surface area contributed by atoms with E-state index in [1.165, 1.54) is 16.7 Å². The number of benzene rings is 6. The topological polar surface area (TPSA) is 56.7 Å². The molecule has 0 bridgehead atoms. The maximum absolute atomic E-state index is 8.93. The molecular formula is C39H24N4O. The van der Waals surface area contributed by atoms with Crippen LogP contribution in [-0.4, -0.2) is 19.5 Å².